The van der Waals surface area contributed by atoms with Gasteiger partial charge >= 0.3 is 0 Å². The lowest BCUT2D eigenvalue weighted by atomic mass is 9.85. The van der Waals surface area contributed by atoms with Gasteiger partial charge in [-0.1, -0.05) is 12.1 Å². The number of rotatable bonds is 7. The predicted molar refractivity (Wildman–Crippen MR) is 104 cm³/mol. The largest absolute Gasteiger partial charge is 0.379 e. The number of likely N-dealkylation sites (tertiary alicyclic amines) is 1. The van der Waals surface area contributed by atoms with Crippen molar-refractivity contribution in [3.63, 3.8) is 0 Å². The second-order valence-electron chi connectivity index (χ2n) is 7.88. The van der Waals surface area contributed by atoms with Crippen molar-refractivity contribution in [1.29, 1.82) is 0 Å². The summed E-state index contributed by atoms with van der Waals surface area (Å²) in [6, 6.07) is 6.53. The zero-order valence-corrected chi connectivity index (χ0v) is 16.4. The number of aryl methyl sites for hydroxylation is 1. The molecule has 0 spiro atoms. The maximum atomic E-state index is 12.9. The molecule has 0 unspecified atom stereocenters. The minimum absolute atomic E-state index is 0.0584. The van der Waals surface area contributed by atoms with Gasteiger partial charge in [0.1, 0.15) is 5.82 Å². The number of hydrogen-bond donors (Lipinski definition) is 1. The number of ether oxygens (including phenoxy) is 1. The Bertz CT molecular complexity index is 594. The van der Waals surface area contributed by atoms with Crippen LogP contribution in [0.15, 0.2) is 24.3 Å². The van der Waals surface area contributed by atoms with Crippen molar-refractivity contribution < 1.29 is 13.9 Å². The molecule has 0 bridgehead atoms. The summed E-state index contributed by atoms with van der Waals surface area (Å²) < 4.78 is 18.5. The minimum Gasteiger partial charge on any atom is -0.379 e. The van der Waals surface area contributed by atoms with Crippen LogP contribution < -0.4 is 5.32 Å². The SMILES string of the molecule is CN1CCC(CNC(=O)CCCc2ccc(F)cc2)(N2CCOCC2)CC1. The van der Waals surface area contributed by atoms with E-state index < -0.39 is 0 Å². The van der Waals surface area contributed by atoms with Crippen LogP contribution in [0.25, 0.3) is 0 Å². The summed E-state index contributed by atoms with van der Waals surface area (Å²) in [5, 5.41) is 3.20. The maximum Gasteiger partial charge on any atom is 0.220 e. The van der Waals surface area contributed by atoms with Gasteiger partial charge in [-0.05, 0) is 63.5 Å². The summed E-state index contributed by atoms with van der Waals surface area (Å²) >= 11 is 0. The van der Waals surface area contributed by atoms with E-state index in [-0.39, 0.29) is 17.3 Å². The van der Waals surface area contributed by atoms with E-state index in [0.717, 1.165) is 77.2 Å². The van der Waals surface area contributed by atoms with Crippen molar-refractivity contribution in [3.05, 3.63) is 35.6 Å². The second kappa shape index (κ2) is 9.62. The first-order chi connectivity index (χ1) is 13.1. The zero-order valence-electron chi connectivity index (χ0n) is 16.4. The van der Waals surface area contributed by atoms with Gasteiger partial charge in [0.05, 0.1) is 13.2 Å². The average molecular weight is 378 g/mol. The van der Waals surface area contributed by atoms with E-state index in [0.29, 0.717) is 6.42 Å². The number of hydrogen-bond acceptors (Lipinski definition) is 4. The van der Waals surface area contributed by atoms with Gasteiger partial charge in [-0.3, -0.25) is 9.69 Å². The van der Waals surface area contributed by atoms with Gasteiger partial charge in [-0.25, -0.2) is 4.39 Å². The van der Waals surface area contributed by atoms with E-state index in [1.165, 1.54) is 12.1 Å². The molecule has 2 aliphatic heterocycles. The number of carbonyl (C=O) groups excluding carboxylic acids is 1. The highest BCUT2D eigenvalue weighted by atomic mass is 19.1. The third-order valence-corrected chi connectivity index (χ3v) is 6.00. The Morgan fingerprint density at radius 1 is 1.15 bits per heavy atom. The molecule has 2 fully saturated rings. The highest BCUT2D eigenvalue weighted by Gasteiger charge is 2.39. The smallest absolute Gasteiger partial charge is 0.220 e. The Labute approximate surface area is 161 Å². The third kappa shape index (κ3) is 5.74. The van der Waals surface area contributed by atoms with E-state index in [1.807, 2.05) is 0 Å². The van der Waals surface area contributed by atoms with Crippen LogP contribution in [-0.4, -0.2) is 74.2 Å². The lowest BCUT2D eigenvalue weighted by Crippen LogP contribution is -2.62. The maximum absolute atomic E-state index is 12.9. The van der Waals surface area contributed by atoms with Crippen LogP contribution >= 0.6 is 0 Å². The monoisotopic (exact) mass is 377 g/mol. The summed E-state index contributed by atoms with van der Waals surface area (Å²) in [6.07, 6.45) is 4.26. The molecule has 27 heavy (non-hydrogen) atoms. The molecule has 0 atom stereocenters. The third-order valence-electron chi connectivity index (χ3n) is 6.00. The lowest BCUT2D eigenvalue weighted by molar-refractivity contribution is -0.122. The van der Waals surface area contributed by atoms with Crippen molar-refractivity contribution in [1.82, 2.24) is 15.1 Å². The first-order valence-corrected chi connectivity index (χ1v) is 10.1. The highest BCUT2D eigenvalue weighted by Crippen LogP contribution is 2.29. The minimum atomic E-state index is -0.219. The Morgan fingerprint density at radius 3 is 2.48 bits per heavy atom. The second-order valence-corrected chi connectivity index (χ2v) is 7.88. The molecule has 2 saturated heterocycles. The van der Waals surface area contributed by atoms with Gasteiger partial charge in [0.25, 0.3) is 0 Å². The zero-order chi connectivity index (χ0) is 19.1. The van der Waals surface area contributed by atoms with E-state index >= 15 is 0 Å². The molecule has 6 heteroatoms. The number of carbonyl (C=O) groups is 1. The van der Waals surface area contributed by atoms with E-state index in [1.54, 1.807) is 12.1 Å². The van der Waals surface area contributed by atoms with Crippen molar-refractivity contribution in [2.24, 2.45) is 0 Å². The van der Waals surface area contributed by atoms with Gasteiger partial charge in [-0.2, -0.15) is 0 Å². The Kier molecular flexibility index (Phi) is 7.21. The van der Waals surface area contributed by atoms with Crippen molar-refractivity contribution in [3.8, 4) is 0 Å². The molecule has 1 N–H and O–H groups in total. The standard InChI is InChI=1S/C21H32FN3O2/c1-24-11-9-21(10-12-24,25-13-15-27-16-14-25)17-23-20(26)4-2-3-18-5-7-19(22)8-6-18/h5-8H,2-4,9-17H2,1H3,(H,23,26). The van der Waals surface area contributed by atoms with Gasteiger partial charge < -0.3 is 15.0 Å². The number of benzene rings is 1. The predicted octanol–water partition coefficient (Wildman–Crippen LogP) is 2.06. The lowest BCUT2D eigenvalue weighted by Gasteiger charge is -2.49. The number of nitrogens with one attached hydrogen (secondary N) is 1. The molecule has 3 rings (SSSR count). The normalized spacial score (nSPS) is 21.1. The van der Waals surface area contributed by atoms with Crippen LogP contribution in [-0.2, 0) is 16.0 Å². The summed E-state index contributed by atoms with van der Waals surface area (Å²) in [5.41, 5.74) is 1.13. The molecule has 1 aromatic rings. The van der Waals surface area contributed by atoms with E-state index in [2.05, 4.69) is 22.2 Å². The van der Waals surface area contributed by atoms with Crippen molar-refractivity contribution >= 4 is 5.91 Å². The van der Waals surface area contributed by atoms with Crippen LogP contribution in [0.5, 0.6) is 0 Å². The summed E-state index contributed by atoms with van der Waals surface area (Å²) in [7, 11) is 2.16. The van der Waals surface area contributed by atoms with Gasteiger partial charge in [0.2, 0.25) is 5.91 Å². The van der Waals surface area contributed by atoms with Gasteiger partial charge in [0, 0.05) is 31.6 Å². The first-order valence-electron chi connectivity index (χ1n) is 10.1. The van der Waals surface area contributed by atoms with Crippen LogP contribution in [0.3, 0.4) is 0 Å². The van der Waals surface area contributed by atoms with Crippen LogP contribution in [0.4, 0.5) is 4.39 Å². The molecule has 1 amide bonds. The molecule has 0 radical (unpaired) electrons. The first kappa shape index (κ1) is 20.2. The number of morpholine rings is 1. The molecule has 2 heterocycles. The molecule has 5 nitrogen and oxygen atoms in total. The summed E-state index contributed by atoms with van der Waals surface area (Å²) in [4.78, 5) is 17.3. The van der Waals surface area contributed by atoms with Crippen LogP contribution in [0.2, 0.25) is 0 Å². The van der Waals surface area contributed by atoms with E-state index in [9.17, 15) is 9.18 Å². The summed E-state index contributed by atoms with van der Waals surface area (Å²) in [5.74, 6) is -0.105. The van der Waals surface area contributed by atoms with Crippen LogP contribution in [0.1, 0.15) is 31.2 Å². The summed E-state index contributed by atoms with van der Waals surface area (Å²) in [6.45, 7) is 6.31. The van der Waals surface area contributed by atoms with E-state index in [4.69, 9.17) is 4.74 Å². The average Bonchev–Trinajstić information content (AvgIpc) is 2.70. The highest BCUT2D eigenvalue weighted by molar-refractivity contribution is 5.75. The van der Waals surface area contributed by atoms with Crippen molar-refractivity contribution in [2.45, 2.75) is 37.6 Å². The molecule has 150 valence electrons. The molecule has 0 aromatic heterocycles. The Balaban J connectivity index is 1.47. The van der Waals surface area contributed by atoms with Crippen LogP contribution in [0, 0.1) is 5.82 Å². The topological polar surface area (TPSA) is 44.8 Å². The number of piperidine rings is 1. The fraction of sp³-hybridized carbons (Fsp3) is 0.667. The molecular weight excluding hydrogens is 345 g/mol. The molecule has 0 aliphatic carbocycles. The fourth-order valence-electron chi connectivity index (χ4n) is 4.13. The molecule has 0 saturated carbocycles. The van der Waals surface area contributed by atoms with Gasteiger partial charge in [0.15, 0.2) is 0 Å². The Hall–Kier alpha value is -1.50. The molecule has 2 aliphatic rings. The number of nitrogens with zero attached hydrogens (tertiary/aromatic N) is 2. The Morgan fingerprint density at radius 2 is 1.81 bits per heavy atom. The number of amides is 1. The quantitative estimate of drug-likeness (QED) is 0.790. The fourth-order valence-corrected chi connectivity index (χ4v) is 4.13. The molecular formula is C21H32FN3O2. The van der Waals surface area contributed by atoms with Crippen molar-refractivity contribution in [2.75, 3.05) is 53.0 Å². The number of halogens is 1. The van der Waals surface area contributed by atoms with Gasteiger partial charge in [-0.15, -0.1) is 0 Å². The molecule has 1 aromatic carbocycles.